The predicted molar refractivity (Wildman–Crippen MR) is 84.5 cm³/mol. The maximum atomic E-state index is 4.58. The highest BCUT2D eigenvalue weighted by molar-refractivity contribution is 5.42. The molecule has 0 aromatic carbocycles. The minimum atomic E-state index is 0.723. The fraction of sp³-hybridized carbons (Fsp3) is 0.733. The largest absolute Gasteiger partial charge is 0.359 e. The number of likely N-dealkylation sites (tertiary alicyclic amines) is 1. The molecule has 0 saturated carbocycles. The Kier molecular flexibility index (Phi) is 5.17. The van der Waals surface area contributed by atoms with Crippen LogP contribution < -0.4 is 9.80 Å². The molecule has 20 heavy (non-hydrogen) atoms. The number of anilines is 2. The molecule has 1 atom stereocenters. The van der Waals surface area contributed by atoms with Crippen LogP contribution in [0.4, 0.5) is 11.8 Å². The Balaban J connectivity index is 1.91. The molecule has 2 rings (SSSR count). The number of nitrogens with zero attached hydrogens (tertiary/aromatic N) is 5. The number of aromatic nitrogens is 2. The SMILES string of the molecule is CN(C)c1nccc(N(C)CC[C@H]2CCCCN2C)n1. The first-order valence-electron chi connectivity index (χ1n) is 7.49. The van der Waals surface area contributed by atoms with Crippen molar-refractivity contribution in [3.05, 3.63) is 12.3 Å². The summed E-state index contributed by atoms with van der Waals surface area (Å²) in [6, 6.07) is 2.71. The summed E-state index contributed by atoms with van der Waals surface area (Å²) >= 11 is 0. The number of hydrogen-bond donors (Lipinski definition) is 0. The molecule has 1 aliphatic heterocycles. The topological polar surface area (TPSA) is 35.5 Å². The predicted octanol–water partition coefficient (Wildman–Crippen LogP) is 1.85. The molecule has 0 aliphatic carbocycles. The molecule has 1 aromatic heterocycles. The summed E-state index contributed by atoms with van der Waals surface area (Å²) in [5.41, 5.74) is 0. The molecule has 0 spiro atoms. The van der Waals surface area contributed by atoms with Crippen LogP contribution in [0.1, 0.15) is 25.7 Å². The van der Waals surface area contributed by atoms with Crippen LogP contribution in [0.3, 0.4) is 0 Å². The first kappa shape index (κ1) is 15.0. The standard InChI is InChI=1S/C15H27N5/c1-18(2)15-16-10-8-14(17-15)20(4)12-9-13-7-5-6-11-19(13)3/h8,10,13H,5-7,9,11-12H2,1-4H3/t13-/m1/s1. The van der Waals surface area contributed by atoms with Gasteiger partial charge in [-0.25, -0.2) is 4.98 Å². The lowest BCUT2D eigenvalue weighted by atomic mass is 10.00. The quantitative estimate of drug-likeness (QED) is 0.821. The molecule has 112 valence electrons. The maximum Gasteiger partial charge on any atom is 0.226 e. The van der Waals surface area contributed by atoms with E-state index in [9.17, 15) is 0 Å². The third-order valence-corrected chi connectivity index (χ3v) is 4.14. The van der Waals surface area contributed by atoms with Crippen LogP contribution in [0.2, 0.25) is 0 Å². The summed E-state index contributed by atoms with van der Waals surface area (Å²) < 4.78 is 0. The Labute approximate surface area is 122 Å². The van der Waals surface area contributed by atoms with Crippen molar-refractivity contribution in [2.45, 2.75) is 31.7 Å². The van der Waals surface area contributed by atoms with Gasteiger partial charge < -0.3 is 14.7 Å². The van der Waals surface area contributed by atoms with Crippen molar-refractivity contribution >= 4 is 11.8 Å². The molecule has 5 nitrogen and oxygen atoms in total. The van der Waals surface area contributed by atoms with Gasteiger partial charge in [0.15, 0.2) is 0 Å². The van der Waals surface area contributed by atoms with Crippen molar-refractivity contribution in [2.24, 2.45) is 0 Å². The molecular formula is C15H27N5. The zero-order chi connectivity index (χ0) is 14.5. The smallest absolute Gasteiger partial charge is 0.226 e. The average molecular weight is 277 g/mol. The lowest BCUT2D eigenvalue weighted by Gasteiger charge is -2.33. The summed E-state index contributed by atoms with van der Waals surface area (Å²) in [7, 11) is 8.30. The summed E-state index contributed by atoms with van der Waals surface area (Å²) in [4.78, 5) is 15.5. The summed E-state index contributed by atoms with van der Waals surface area (Å²) in [5.74, 6) is 1.77. The van der Waals surface area contributed by atoms with Crippen molar-refractivity contribution < 1.29 is 0 Å². The molecule has 0 unspecified atom stereocenters. The van der Waals surface area contributed by atoms with E-state index < -0.39 is 0 Å². The summed E-state index contributed by atoms with van der Waals surface area (Å²) in [5, 5.41) is 0. The third kappa shape index (κ3) is 3.82. The molecule has 1 aliphatic rings. The number of hydrogen-bond acceptors (Lipinski definition) is 5. The molecule has 0 amide bonds. The number of piperidine rings is 1. The summed E-state index contributed by atoms with van der Waals surface area (Å²) in [6.45, 7) is 2.28. The Morgan fingerprint density at radius 2 is 2.10 bits per heavy atom. The van der Waals surface area contributed by atoms with Gasteiger partial charge in [0.25, 0.3) is 0 Å². The molecular weight excluding hydrogens is 250 g/mol. The van der Waals surface area contributed by atoms with Crippen molar-refractivity contribution in [1.29, 1.82) is 0 Å². The first-order valence-corrected chi connectivity index (χ1v) is 7.49. The second kappa shape index (κ2) is 6.88. The van der Waals surface area contributed by atoms with E-state index in [2.05, 4.69) is 33.9 Å². The minimum absolute atomic E-state index is 0.723. The molecule has 2 heterocycles. The fourth-order valence-corrected chi connectivity index (χ4v) is 2.73. The second-order valence-corrected chi connectivity index (χ2v) is 5.95. The van der Waals surface area contributed by atoms with Gasteiger partial charge in [0.05, 0.1) is 0 Å². The highest BCUT2D eigenvalue weighted by Gasteiger charge is 2.19. The van der Waals surface area contributed by atoms with Crippen LogP contribution in [0.5, 0.6) is 0 Å². The fourth-order valence-electron chi connectivity index (χ4n) is 2.73. The molecule has 5 heteroatoms. The van der Waals surface area contributed by atoms with Crippen LogP contribution in [0.25, 0.3) is 0 Å². The highest BCUT2D eigenvalue weighted by atomic mass is 15.3. The maximum absolute atomic E-state index is 4.58. The first-order chi connectivity index (χ1) is 9.58. The van der Waals surface area contributed by atoms with Gasteiger partial charge in [-0.2, -0.15) is 4.98 Å². The van der Waals surface area contributed by atoms with Crippen molar-refractivity contribution in [1.82, 2.24) is 14.9 Å². The van der Waals surface area contributed by atoms with E-state index in [1.807, 2.05) is 31.3 Å². The van der Waals surface area contributed by atoms with Crippen molar-refractivity contribution in [3.63, 3.8) is 0 Å². The molecule has 1 fully saturated rings. The van der Waals surface area contributed by atoms with Crippen LogP contribution in [0, 0.1) is 0 Å². The second-order valence-electron chi connectivity index (χ2n) is 5.95. The van der Waals surface area contributed by atoms with Gasteiger partial charge in [-0.15, -0.1) is 0 Å². The highest BCUT2D eigenvalue weighted by Crippen LogP contribution is 2.19. The van der Waals surface area contributed by atoms with E-state index in [0.29, 0.717) is 0 Å². The molecule has 0 radical (unpaired) electrons. The molecule has 0 N–H and O–H groups in total. The van der Waals surface area contributed by atoms with Crippen molar-refractivity contribution in [3.8, 4) is 0 Å². The van der Waals surface area contributed by atoms with Gasteiger partial charge in [0.1, 0.15) is 5.82 Å². The lowest BCUT2D eigenvalue weighted by molar-refractivity contribution is 0.178. The lowest BCUT2D eigenvalue weighted by Crippen LogP contribution is -2.38. The van der Waals surface area contributed by atoms with Gasteiger partial charge in [-0.1, -0.05) is 6.42 Å². The van der Waals surface area contributed by atoms with Gasteiger partial charge in [-0.05, 0) is 38.9 Å². The van der Waals surface area contributed by atoms with Crippen LogP contribution >= 0.6 is 0 Å². The van der Waals surface area contributed by atoms with Crippen molar-refractivity contribution in [2.75, 3.05) is 51.1 Å². The Morgan fingerprint density at radius 1 is 1.30 bits per heavy atom. The van der Waals surface area contributed by atoms with Crippen LogP contribution in [-0.2, 0) is 0 Å². The van der Waals surface area contributed by atoms with Gasteiger partial charge >= 0.3 is 0 Å². The number of rotatable bonds is 5. The normalized spacial score (nSPS) is 19.9. The van der Waals surface area contributed by atoms with E-state index in [1.165, 1.54) is 32.2 Å². The van der Waals surface area contributed by atoms with E-state index in [4.69, 9.17) is 0 Å². The van der Waals surface area contributed by atoms with Crippen LogP contribution in [0.15, 0.2) is 12.3 Å². The third-order valence-electron chi connectivity index (χ3n) is 4.14. The minimum Gasteiger partial charge on any atom is -0.359 e. The molecule has 1 aromatic rings. The average Bonchev–Trinajstić information content (AvgIpc) is 2.46. The monoisotopic (exact) mass is 277 g/mol. The molecule has 1 saturated heterocycles. The van der Waals surface area contributed by atoms with Gasteiger partial charge in [0, 0.05) is 39.9 Å². The zero-order valence-corrected chi connectivity index (χ0v) is 13.2. The van der Waals surface area contributed by atoms with Gasteiger partial charge in [-0.3, -0.25) is 0 Å². The van der Waals surface area contributed by atoms with Gasteiger partial charge in [0.2, 0.25) is 5.95 Å². The zero-order valence-electron chi connectivity index (χ0n) is 13.2. The Hall–Kier alpha value is -1.36. The van der Waals surface area contributed by atoms with E-state index >= 15 is 0 Å². The van der Waals surface area contributed by atoms with E-state index in [0.717, 1.165) is 24.4 Å². The van der Waals surface area contributed by atoms with E-state index in [-0.39, 0.29) is 0 Å². The Morgan fingerprint density at radius 3 is 2.80 bits per heavy atom. The Bertz CT molecular complexity index is 420. The molecule has 0 bridgehead atoms. The van der Waals surface area contributed by atoms with Crippen LogP contribution in [-0.4, -0.2) is 62.2 Å². The van der Waals surface area contributed by atoms with E-state index in [1.54, 1.807) is 0 Å². The summed E-state index contributed by atoms with van der Waals surface area (Å²) in [6.07, 6.45) is 7.09.